The van der Waals surface area contributed by atoms with E-state index >= 15 is 0 Å². The van der Waals surface area contributed by atoms with Gasteiger partial charge in [0, 0.05) is 12.1 Å². The van der Waals surface area contributed by atoms with Crippen LogP contribution in [0.4, 0.5) is 0 Å². The summed E-state index contributed by atoms with van der Waals surface area (Å²) < 4.78 is 2.09. The highest BCUT2D eigenvalue weighted by Crippen LogP contribution is 2.07. The summed E-state index contributed by atoms with van der Waals surface area (Å²) in [5, 5.41) is 0. The Bertz CT molecular complexity index is 346. The smallest absolute Gasteiger partial charge is 0.134 e. The first kappa shape index (κ1) is 10.2. The maximum absolute atomic E-state index is 2.20. The van der Waals surface area contributed by atoms with E-state index in [1.807, 2.05) is 36.7 Å². The summed E-state index contributed by atoms with van der Waals surface area (Å²) in [6.45, 7) is 0. The fraction of sp³-hybridized carbons (Fsp3) is 0.0769. The van der Waals surface area contributed by atoms with Crippen LogP contribution in [0.5, 0.6) is 0 Å². The van der Waals surface area contributed by atoms with E-state index in [4.69, 9.17) is 0 Å². The molecule has 0 saturated carbocycles. The lowest BCUT2D eigenvalue weighted by Crippen LogP contribution is -2.22. The van der Waals surface area contributed by atoms with Crippen molar-refractivity contribution in [1.29, 1.82) is 0 Å². The van der Waals surface area contributed by atoms with Crippen molar-refractivity contribution in [3.05, 3.63) is 72.2 Å². The van der Waals surface area contributed by atoms with Gasteiger partial charge in [0.1, 0.15) is 0 Å². The second kappa shape index (κ2) is 5.56. The lowest BCUT2D eigenvalue weighted by molar-refractivity contribution is -0.493. The molecule has 0 aliphatic heterocycles. The number of benzene rings is 1. The summed E-state index contributed by atoms with van der Waals surface area (Å²) in [4.78, 5) is 0. The molecular formula is C13H13NS+. The van der Waals surface area contributed by atoms with Crippen molar-refractivity contribution in [2.45, 2.75) is 6.42 Å². The molecule has 0 atom stereocenters. The van der Waals surface area contributed by atoms with Crippen LogP contribution in [0.15, 0.2) is 60.9 Å². The third-order valence-electron chi connectivity index (χ3n) is 2.05. The van der Waals surface area contributed by atoms with Gasteiger partial charge in [0.15, 0.2) is 24.3 Å². The van der Waals surface area contributed by atoms with Crippen LogP contribution >= 0.6 is 11.9 Å². The maximum Gasteiger partial charge on any atom is 0.183 e. The third-order valence-corrected chi connectivity index (χ3v) is 2.85. The standard InChI is InChI=1S/C13H13NS/c1-3-7-13(8-4-1)9-12-15-14-10-5-2-6-11-14/h1-8,10-12H,9H2/q+1. The molecule has 75 valence electrons. The molecular weight excluding hydrogens is 202 g/mol. The highest BCUT2D eigenvalue weighted by Gasteiger charge is 2.01. The first-order valence-corrected chi connectivity index (χ1v) is 5.78. The lowest BCUT2D eigenvalue weighted by Gasteiger charge is -1.96. The van der Waals surface area contributed by atoms with Crippen LogP contribution in [0.2, 0.25) is 0 Å². The highest BCUT2D eigenvalue weighted by molar-refractivity contribution is 7.94. The molecule has 2 rings (SSSR count). The predicted molar refractivity (Wildman–Crippen MR) is 64.1 cm³/mol. The van der Waals surface area contributed by atoms with Gasteiger partial charge in [0.25, 0.3) is 0 Å². The maximum atomic E-state index is 2.20. The van der Waals surface area contributed by atoms with Crippen LogP contribution < -0.4 is 3.97 Å². The molecule has 0 fully saturated rings. The van der Waals surface area contributed by atoms with Gasteiger partial charge in [-0.25, -0.2) is 0 Å². The number of hydrogen-bond acceptors (Lipinski definition) is 1. The minimum absolute atomic E-state index is 0.993. The van der Waals surface area contributed by atoms with E-state index in [2.05, 4.69) is 34.0 Å². The van der Waals surface area contributed by atoms with Gasteiger partial charge in [-0.2, -0.15) is 0 Å². The molecule has 0 amide bonds. The van der Waals surface area contributed by atoms with E-state index in [-0.39, 0.29) is 0 Å². The molecule has 1 aromatic heterocycles. The minimum Gasteiger partial charge on any atom is -0.134 e. The predicted octanol–water partition coefficient (Wildman–Crippen LogP) is 2.87. The minimum atomic E-state index is 0.993. The summed E-state index contributed by atoms with van der Waals surface area (Å²) in [5.74, 6) is 2.20. The summed E-state index contributed by atoms with van der Waals surface area (Å²) in [7, 11) is 0. The Kier molecular flexibility index (Phi) is 3.80. The zero-order valence-electron chi connectivity index (χ0n) is 8.41. The van der Waals surface area contributed by atoms with E-state index < -0.39 is 0 Å². The number of nitrogens with zero attached hydrogens (tertiary/aromatic N) is 1. The lowest BCUT2D eigenvalue weighted by atomic mass is 10.2. The Hall–Kier alpha value is -1.28. The molecule has 1 nitrogen and oxygen atoms in total. The van der Waals surface area contributed by atoms with Gasteiger partial charge in [0.05, 0.1) is 5.75 Å². The van der Waals surface area contributed by atoms with Crippen molar-refractivity contribution < 1.29 is 3.97 Å². The molecule has 0 bridgehead atoms. The van der Waals surface area contributed by atoms with Gasteiger partial charge in [-0.1, -0.05) is 36.4 Å². The van der Waals surface area contributed by atoms with Crippen LogP contribution in [0.25, 0.3) is 0 Å². The van der Waals surface area contributed by atoms with Crippen LogP contribution in [-0.4, -0.2) is 0 Å². The summed E-state index contributed by atoms with van der Waals surface area (Å²) >= 11 is 1.71. The molecule has 0 aliphatic rings. The zero-order chi connectivity index (χ0) is 10.3. The zero-order valence-corrected chi connectivity index (χ0v) is 9.23. The van der Waals surface area contributed by atoms with Crippen LogP contribution in [0, 0.1) is 5.75 Å². The van der Waals surface area contributed by atoms with Crippen molar-refractivity contribution >= 4 is 11.9 Å². The van der Waals surface area contributed by atoms with Gasteiger partial charge in [-0.15, -0.1) is 3.97 Å². The second-order valence-corrected chi connectivity index (χ2v) is 4.16. The number of pyridine rings is 1. The Morgan fingerprint density at radius 1 is 0.933 bits per heavy atom. The molecule has 1 aromatic carbocycles. The summed E-state index contributed by atoms with van der Waals surface area (Å²) in [5.41, 5.74) is 1.35. The van der Waals surface area contributed by atoms with Crippen LogP contribution in [-0.2, 0) is 6.42 Å². The van der Waals surface area contributed by atoms with E-state index in [1.54, 1.807) is 11.9 Å². The van der Waals surface area contributed by atoms with Crippen molar-refractivity contribution in [2.24, 2.45) is 0 Å². The van der Waals surface area contributed by atoms with Crippen molar-refractivity contribution in [2.75, 3.05) is 0 Å². The van der Waals surface area contributed by atoms with Gasteiger partial charge in [-0.3, -0.25) is 0 Å². The molecule has 0 unspecified atom stereocenters. The van der Waals surface area contributed by atoms with Crippen LogP contribution in [0.3, 0.4) is 0 Å². The average molecular weight is 215 g/mol. The number of hydrogen-bond donors (Lipinski definition) is 0. The fourth-order valence-electron chi connectivity index (χ4n) is 1.29. The number of aromatic nitrogens is 1. The van der Waals surface area contributed by atoms with Gasteiger partial charge >= 0.3 is 0 Å². The fourth-order valence-corrected chi connectivity index (χ4v) is 2.01. The van der Waals surface area contributed by atoms with Gasteiger partial charge < -0.3 is 0 Å². The number of rotatable bonds is 4. The molecule has 1 radical (unpaired) electrons. The summed E-state index contributed by atoms with van der Waals surface area (Å²) in [6.07, 6.45) is 5.09. The van der Waals surface area contributed by atoms with E-state index in [9.17, 15) is 0 Å². The Morgan fingerprint density at radius 2 is 1.60 bits per heavy atom. The molecule has 2 aromatic rings. The first-order chi connectivity index (χ1) is 7.45. The monoisotopic (exact) mass is 215 g/mol. The van der Waals surface area contributed by atoms with E-state index in [0.717, 1.165) is 6.42 Å². The van der Waals surface area contributed by atoms with Crippen molar-refractivity contribution in [1.82, 2.24) is 0 Å². The molecule has 0 aliphatic carbocycles. The third kappa shape index (κ3) is 3.40. The molecule has 1 heterocycles. The van der Waals surface area contributed by atoms with E-state index in [0.29, 0.717) is 0 Å². The molecule has 0 saturated heterocycles. The van der Waals surface area contributed by atoms with Crippen LogP contribution in [0.1, 0.15) is 5.56 Å². The summed E-state index contributed by atoms with van der Waals surface area (Å²) in [6, 6.07) is 16.6. The molecule has 2 heteroatoms. The Morgan fingerprint density at radius 3 is 2.33 bits per heavy atom. The average Bonchev–Trinajstić information content (AvgIpc) is 2.32. The Labute approximate surface area is 94.9 Å². The van der Waals surface area contributed by atoms with Crippen molar-refractivity contribution in [3.8, 4) is 0 Å². The van der Waals surface area contributed by atoms with Gasteiger partial charge in [0.2, 0.25) is 0 Å². The molecule has 0 spiro atoms. The Balaban J connectivity index is 1.81. The SMILES string of the molecule is [CH](Cc1ccccc1)S[n+]1ccccc1. The molecule has 15 heavy (non-hydrogen) atoms. The largest absolute Gasteiger partial charge is 0.183 e. The second-order valence-electron chi connectivity index (χ2n) is 3.20. The highest BCUT2D eigenvalue weighted by atomic mass is 32.2. The first-order valence-electron chi connectivity index (χ1n) is 4.94. The quantitative estimate of drug-likeness (QED) is 0.709. The van der Waals surface area contributed by atoms with Crippen molar-refractivity contribution in [3.63, 3.8) is 0 Å². The van der Waals surface area contributed by atoms with E-state index in [1.165, 1.54) is 5.56 Å². The normalized spacial score (nSPS) is 10.1. The van der Waals surface area contributed by atoms with Gasteiger partial charge in [-0.05, 0) is 12.0 Å². The topological polar surface area (TPSA) is 3.88 Å². The molecule has 0 N–H and O–H groups in total.